The molecule has 0 saturated carbocycles. The average molecular weight is 452 g/mol. The lowest BCUT2D eigenvalue weighted by atomic mass is 10.2. The Bertz CT molecular complexity index is 1200. The van der Waals surface area contributed by atoms with E-state index in [-0.39, 0.29) is 24.1 Å². The lowest BCUT2D eigenvalue weighted by Gasteiger charge is -2.12. The van der Waals surface area contributed by atoms with E-state index in [2.05, 4.69) is 10.2 Å². The number of phenolic OH excluding ortho intramolecular Hbond substituents is 1. The standard InChI is InChI=1S/C23H18ClN3O3S/c24-18-11-5-6-12-19(18)27-22(17-10-4-7-13-20(17)28)25-26-23(27)31-15-21(29)30-14-16-8-2-1-3-9-16/h1-13,28H,14-15H2. The van der Waals surface area contributed by atoms with Crippen molar-refractivity contribution in [1.29, 1.82) is 0 Å². The monoisotopic (exact) mass is 451 g/mol. The number of nitrogens with zero attached hydrogens (tertiary/aromatic N) is 3. The molecule has 1 aromatic heterocycles. The zero-order chi connectivity index (χ0) is 21.6. The van der Waals surface area contributed by atoms with Crippen molar-refractivity contribution in [1.82, 2.24) is 14.8 Å². The van der Waals surface area contributed by atoms with Crippen molar-refractivity contribution < 1.29 is 14.6 Å². The number of phenols is 1. The van der Waals surface area contributed by atoms with E-state index < -0.39 is 0 Å². The number of hydrogen-bond donors (Lipinski definition) is 1. The molecule has 0 atom stereocenters. The van der Waals surface area contributed by atoms with Crippen molar-refractivity contribution in [3.63, 3.8) is 0 Å². The van der Waals surface area contributed by atoms with Gasteiger partial charge in [0, 0.05) is 0 Å². The lowest BCUT2D eigenvalue weighted by Crippen LogP contribution is -2.08. The first-order valence-corrected chi connectivity index (χ1v) is 10.8. The van der Waals surface area contributed by atoms with Crippen LogP contribution < -0.4 is 0 Å². The van der Waals surface area contributed by atoms with E-state index in [0.29, 0.717) is 27.3 Å². The lowest BCUT2D eigenvalue weighted by molar-refractivity contribution is -0.141. The first kappa shape index (κ1) is 21.0. The van der Waals surface area contributed by atoms with Gasteiger partial charge in [0.05, 0.1) is 22.0 Å². The Morgan fingerprint density at radius 3 is 2.45 bits per heavy atom. The summed E-state index contributed by atoms with van der Waals surface area (Å²) < 4.78 is 7.08. The van der Waals surface area contributed by atoms with E-state index in [4.69, 9.17) is 16.3 Å². The highest BCUT2D eigenvalue weighted by Crippen LogP contribution is 2.34. The Kier molecular flexibility index (Phi) is 6.54. The minimum atomic E-state index is -0.369. The highest BCUT2D eigenvalue weighted by molar-refractivity contribution is 7.99. The molecule has 0 spiro atoms. The number of thioether (sulfide) groups is 1. The molecular formula is C23H18ClN3O3S. The van der Waals surface area contributed by atoms with Crippen LogP contribution in [0.2, 0.25) is 5.02 Å². The predicted molar refractivity (Wildman–Crippen MR) is 120 cm³/mol. The number of ether oxygens (including phenoxy) is 1. The quantitative estimate of drug-likeness (QED) is 0.310. The fraction of sp³-hybridized carbons (Fsp3) is 0.0870. The third-order valence-corrected chi connectivity index (χ3v) is 5.66. The fourth-order valence-electron chi connectivity index (χ4n) is 2.95. The third-order valence-electron chi connectivity index (χ3n) is 4.43. The summed E-state index contributed by atoms with van der Waals surface area (Å²) in [6, 6.07) is 23.6. The van der Waals surface area contributed by atoms with E-state index in [9.17, 15) is 9.90 Å². The molecule has 4 aromatic rings. The molecule has 6 nitrogen and oxygen atoms in total. The summed E-state index contributed by atoms with van der Waals surface area (Å²) in [6.45, 7) is 0.209. The summed E-state index contributed by atoms with van der Waals surface area (Å²) in [5.41, 5.74) is 2.07. The molecule has 0 fully saturated rings. The van der Waals surface area contributed by atoms with Crippen LogP contribution in [0.1, 0.15) is 5.56 Å². The second-order valence-corrected chi connectivity index (χ2v) is 7.89. The number of esters is 1. The van der Waals surface area contributed by atoms with Gasteiger partial charge in [-0.05, 0) is 29.8 Å². The van der Waals surface area contributed by atoms with Crippen LogP contribution in [0.25, 0.3) is 17.1 Å². The van der Waals surface area contributed by atoms with Gasteiger partial charge in [0.25, 0.3) is 0 Å². The summed E-state index contributed by atoms with van der Waals surface area (Å²) in [5.74, 6) is 0.177. The minimum Gasteiger partial charge on any atom is -0.507 e. The summed E-state index contributed by atoms with van der Waals surface area (Å²) in [7, 11) is 0. The first-order chi connectivity index (χ1) is 15.1. The summed E-state index contributed by atoms with van der Waals surface area (Å²) in [4.78, 5) is 12.3. The van der Waals surface area contributed by atoms with E-state index in [1.807, 2.05) is 48.5 Å². The van der Waals surface area contributed by atoms with Gasteiger partial charge in [0.1, 0.15) is 12.4 Å². The Balaban J connectivity index is 1.58. The van der Waals surface area contributed by atoms with Crippen LogP contribution in [-0.4, -0.2) is 31.6 Å². The van der Waals surface area contributed by atoms with Crippen molar-refractivity contribution >= 4 is 29.3 Å². The van der Waals surface area contributed by atoms with Crippen LogP contribution in [0.3, 0.4) is 0 Å². The Hall–Kier alpha value is -3.29. The molecule has 156 valence electrons. The van der Waals surface area contributed by atoms with Crippen LogP contribution in [0.5, 0.6) is 5.75 Å². The molecule has 8 heteroatoms. The minimum absolute atomic E-state index is 0.0518. The number of benzene rings is 3. The maximum absolute atomic E-state index is 12.3. The van der Waals surface area contributed by atoms with Gasteiger partial charge in [-0.2, -0.15) is 0 Å². The van der Waals surface area contributed by atoms with E-state index in [0.717, 1.165) is 5.56 Å². The van der Waals surface area contributed by atoms with Crippen molar-refractivity contribution in [3.8, 4) is 22.8 Å². The molecule has 1 N–H and O–H groups in total. The van der Waals surface area contributed by atoms with Gasteiger partial charge in [0.15, 0.2) is 11.0 Å². The number of para-hydroxylation sites is 2. The third kappa shape index (κ3) is 4.90. The summed E-state index contributed by atoms with van der Waals surface area (Å²) in [6.07, 6.45) is 0. The highest BCUT2D eigenvalue weighted by atomic mass is 35.5. The van der Waals surface area contributed by atoms with Crippen LogP contribution in [-0.2, 0) is 16.1 Å². The predicted octanol–water partition coefficient (Wildman–Crippen LogP) is 5.13. The molecule has 31 heavy (non-hydrogen) atoms. The van der Waals surface area contributed by atoms with Crippen LogP contribution in [0.15, 0.2) is 84.0 Å². The molecule has 0 aliphatic carbocycles. The van der Waals surface area contributed by atoms with Crippen molar-refractivity contribution in [2.45, 2.75) is 11.8 Å². The number of carbonyl (C=O) groups excluding carboxylic acids is 1. The number of aromatic nitrogens is 3. The van der Waals surface area contributed by atoms with Gasteiger partial charge < -0.3 is 9.84 Å². The average Bonchev–Trinajstić information content (AvgIpc) is 3.21. The van der Waals surface area contributed by atoms with Crippen LogP contribution in [0.4, 0.5) is 0 Å². The number of hydrogen-bond acceptors (Lipinski definition) is 6. The molecule has 0 aliphatic rings. The molecule has 0 saturated heterocycles. The van der Waals surface area contributed by atoms with E-state index >= 15 is 0 Å². The number of aromatic hydroxyl groups is 1. The van der Waals surface area contributed by atoms with Gasteiger partial charge in [-0.3, -0.25) is 9.36 Å². The molecule has 0 bridgehead atoms. The fourth-order valence-corrected chi connectivity index (χ4v) is 3.92. The zero-order valence-electron chi connectivity index (χ0n) is 16.3. The largest absolute Gasteiger partial charge is 0.507 e. The summed E-state index contributed by atoms with van der Waals surface area (Å²) >= 11 is 7.62. The van der Waals surface area contributed by atoms with Crippen molar-refractivity contribution in [3.05, 3.63) is 89.4 Å². The Morgan fingerprint density at radius 2 is 1.68 bits per heavy atom. The SMILES string of the molecule is O=C(CSc1nnc(-c2ccccc2O)n1-c1ccccc1Cl)OCc1ccccc1. The number of halogens is 1. The Labute approximate surface area is 188 Å². The van der Waals surface area contributed by atoms with Crippen LogP contribution in [0, 0.1) is 0 Å². The number of carbonyl (C=O) groups is 1. The first-order valence-electron chi connectivity index (χ1n) is 9.44. The van der Waals surface area contributed by atoms with Gasteiger partial charge in [-0.15, -0.1) is 10.2 Å². The van der Waals surface area contributed by atoms with Gasteiger partial charge in [0.2, 0.25) is 0 Å². The van der Waals surface area contributed by atoms with E-state index in [1.165, 1.54) is 11.8 Å². The molecule has 0 aliphatic heterocycles. The van der Waals surface area contributed by atoms with Crippen molar-refractivity contribution in [2.75, 3.05) is 5.75 Å². The zero-order valence-corrected chi connectivity index (χ0v) is 17.9. The normalized spacial score (nSPS) is 10.7. The second-order valence-electron chi connectivity index (χ2n) is 6.55. The summed E-state index contributed by atoms with van der Waals surface area (Å²) in [5, 5.41) is 19.8. The molecular weight excluding hydrogens is 434 g/mol. The molecule has 0 unspecified atom stereocenters. The number of rotatable bonds is 7. The second kappa shape index (κ2) is 9.68. The van der Waals surface area contributed by atoms with Gasteiger partial charge >= 0.3 is 5.97 Å². The van der Waals surface area contributed by atoms with E-state index in [1.54, 1.807) is 34.9 Å². The topological polar surface area (TPSA) is 77.2 Å². The van der Waals surface area contributed by atoms with Gasteiger partial charge in [-0.25, -0.2) is 0 Å². The molecule has 1 heterocycles. The maximum atomic E-state index is 12.3. The smallest absolute Gasteiger partial charge is 0.316 e. The molecule has 0 radical (unpaired) electrons. The molecule has 3 aromatic carbocycles. The van der Waals surface area contributed by atoms with Crippen molar-refractivity contribution in [2.24, 2.45) is 0 Å². The van der Waals surface area contributed by atoms with Gasteiger partial charge in [-0.1, -0.05) is 78.0 Å². The highest BCUT2D eigenvalue weighted by Gasteiger charge is 2.20. The maximum Gasteiger partial charge on any atom is 0.316 e. The molecule has 0 amide bonds. The van der Waals surface area contributed by atoms with Crippen LogP contribution >= 0.6 is 23.4 Å². The molecule has 4 rings (SSSR count). The Morgan fingerprint density at radius 1 is 0.968 bits per heavy atom.